The third-order valence-corrected chi connectivity index (χ3v) is 14.6. The maximum atomic E-state index is 11.8. The molecule has 0 fully saturated rings. The standard InChI is InChI=1S/2C6H11F3.C6H12F2.C6H13F.2C6H14.2C5H9F3.3C5H10F2.2C5H11F.2C5H12/c2*1-3-4-5(2)6(7,8)9;1-3-4-5(2)6(7)8;1-3-4-6(2)5-7;1-5-6(2,3)4;1-4-5-6(2)3;2*1-3-4(2)5(6,7)8;2*1-3-4-5(2,6)7;1-3-4(2)5(6)7;2*1-3-5(2)4-6;2*1-4-5(2)3/h2*5H,3-4H2,1-2H3;5-6H,3-4H2,1-2H3;6H,3-5H2,1-2H3;5H2,1-4H3;6H,4-5H2,1-3H3;2*4H,3H2,1-2H3;2*3-4H2,1-2H3;4-5H,3H2,1-2H3;2*5H,3-4H2,1-2H3;2*5H,4H2,1-3H3/i3D2;;;;;;3D2;;;;;;;;. The van der Waals surface area contributed by atoms with E-state index in [2.05, 4.69) is 96.9 Å². The van der Waals surface area contributed by atoms with Crippen molar-refractivity contribution in [3.05, 3.63) is 0 Å². The van der Waals surface area contributed by atoms with Crippen LogP contribution < -0.4 is 0 Å². The molecule has 0 radical (unpaired) electrons. The van der Waals surface area contributed by atoms with Crippen LogP contribution in [0.25, 0.3) is 0 Å². The van der Waals surface area contributed by atoms with Crippen molar-refractivity contribution in [2.75, 3.05) is 20.0 Å². The summed E-state index contributed by atoms with van der Waals surface area (Å²) in [6.45, 7) is 62.0. The van der Waals surface area contributed by atoms with Crippen LogP contribution in [0.4, 0.5) is 101 Å². The molecule has 0 heterocycles. The Hall–Kier alpha value is -1.61. The minimum absolute atomic E-state index is 0.00694. The highest BCUT2D eigenvalue weighted by molar-refractivity contribution is 4.63. The molecule has 23 heteroatoms. The van der Waals surface area contributed by atoms with E-state index in [1.165, 1.54) is 52.9 Å². The molecular weight excluding hydrogens is 1410 g/mol. The zero-order chi connectivity index (χ0) is 90.8. The lowest BCUT2D eigenvalue weighted by atomic mass is 9.94. The second-order valence-corrected chi connectivity index (χ2v) is 29.2. The quantitative estimate of drug-likeness (QED) is 0.0757. The first-order valence-corrected chi connectivity index (χ1v) is 38.3. The first kappa shape index (κ1) is 126. The monoisotopic (exact) mass is 1580 g/mol. The molecule has 9 unspecified atom stereocenters. The van der Waals surface area contributed by atoms with Crippen molar-refractivity contribution in [3.63, 3.8) is 0 Å². The van der Waals surface area contributed by atoms with Gasteiger partial charge in [0.25, 0.3) is 0 Å². The van der Waals surface area contributed by atoms with Crippen molar-refractivity contribution in [3.8, 4) is 0 Å². The first-order chi connectivity index (χ1) is 48.0. The summed E-state index contributed by atoms with van der Waals surface area (Å²) in [7, 11) is 0. The Balaban J connectivity index is -0.0000000663. The fraction of sp³-hybridized carbons (Fsp3) is 1.00. The summed E-state index contributed by atoms with van der Waals surface area (Å²) >= 11 is 0. The highest BCUT2D eigenvalue weighted by Gasteiger charge is 2.36. The lowest BCUT2D eigenvalue weighted by molar-refractivity contribution is -0.171. The van der Waals surface area contributed by atoms with E-state index >= 15 is 0 Å². The van der Waals surface area contributed by atoms with Crippen molar-refractivity contribution in [2.24, 2.45) is 76.4 Å². The first-order valence-electron chi connectivity index (χ1n) is 40.3. The number of alkyl halides is 23. The molecule has 654 valence electrons. The maximum absolute atomic E-state index is 11.8. The van der Waals surface area contributed by atoms with Crippen LogP contribution in [0.3, 0.4) is 0 Å². The van der Waals surface area contributed by atoms with Crippen molar-refractivity contribution in [1.82, 2.24) is 0 Å². The Kier molecular flexibility index (Phi) is 107. The summed E-state index contributed by atoms with van der Waals surface area (Å²) in [5, 5.41) is 0. The molecule has 0 aliphatic heterocycles. The van der Waals surface area contributed by atoms with Crippen LogP contribution in [0, 0.1) is 76.4 Å². The SMILES string of the molecule is CCC(C)(C)C.CCC(C)C.CCC(C)C.CCC(C)C(F)(F)F.CCC(C)C(F)F.CCC(C)CF.CCC(C)CF.CCCC(C)(F)F.CCCC(C)(F)F.CCCC(C)C.CCCC(C)C(F)(F)F.CCCC(C)C(F)F.CCCC(C)CF.[2H]C([2H])(C)C(C)C(F)(F)F.[2H]C([2H])(C)CC(C)C(F)(F)F. The van der Waals surface area contributed by atoms with Gasteiger partial charge < -0.3 is 0 Å². The Morgan fingerprint density at radius 1 is 0.279 bits per heavy atom. The number of halogens is 23. The molecule has 0 aromatic carbocycles. The summed E-state index contributed by atoms with van der Waals surface area (Å²) in [5.74, 6) is -8.02. The van der Waals surface area contributed by atoms with Crippen molar-refractivity contribution in [1.29, 1.82) is 0 Å². The van der Waals surface area contributed by atoms with Crippen LogP contribution in [-0.4, -0.2) is 69.4 Å². The van der Waals surface area contributed by atoms with Gasteiger partial charge in [0, 0.05) is 30.2 Å². The van der Waals surface area contributed by atoms with E-state index in [0.29, 0.717) is 37.5 Å². The second kappa shape index (κ2) is 88.6. The fourth-order valence-electron chi connectivity index (χ4n) is 4.42. The Morgan fingerprint density at radius 3 is 0.577 bits per heavy atom. The summed E-state index contributed by atoms with van der Waals surface area (Å²) in [6, 6.07) is 0. The van der Waals surface area contributed by atoms with E-state index in [4.69, 9.17) is 5.48 Å². The number of hydrogen-bond donors (Lipinski definition) is 0. The molecule has 0 N–H and O–H groups in total. The summed E-state index contributed by atoms with van der Waals surface area (Å²) < 4.78 is 294. The lowest BCUT2D eigenvalue weighted by Crippen LogP contribution is -2.19. The minimum Gasteiger partial charge on any atom is -0.251 e. The average Bonchev–Trinajstić information content (AvgIpc) is 0.861. The molecule has 0 spiro atoms. The van der Waals surface area contributed by atoms with Gasteiger partial charge in [0.2, 0.25) is 24.7 Å². The summed E-state index contributed by atoms with van der Waals surface area (Å²) in [5.41, 5.74) is 0.542. The van der Waals surface area contributed by atoms with Gasteiger partial charge in [0.05, 0.1) is 43.7 Å². The van der Waals surface area contributed by atoms with Crippen LogP contribution in [0.5, 0.6) is 0 Å². The molecule has 0 saturated heterocycles. The fourth-order valence-corrected chi connectivity index (χ4v) is 4.42. The van der Waals surface area contributed by atoms with E-state index in [0.717, 1.165) is 91.4 Å². The Morgan fingerprint density at radius 2 is 0.538 bits per heavy atom. The van der Waals surface area contributed by atoms with Gasteiger partial charge in [0.15, 0.2) is 0 Å². The normalized spacial score (nSPS) is 14.6. The molecule has 9 atom stereocenters. The van der Waals surface area contributed by atoms with Crippen LogP contribution in [-0.2, 0) is 0 Å². The van der Waals surface area contributed by atoms with Crippen molar-refractivity contribution < 1.29 is 106 Å². The largest absolute Gasteiger partial charge is 0.391 e. The van der Waals surface area contributed by atoms with E-state index in [1.54, 1.807) is 41.5 Å². The molecule has 0 rings (SSSR count). The number of rotatable bonds is 26. The highest BCUT2D eigenvalue weighted by atomic mass is 19.4. The van der Waals surface area contributed by atoms with E-state index in [9.17, 15) is 101 Å². The van der Waals surface area contributed by atoms with Crippen LogP contribution in [0.1, 0.15) is 389 Å². The van der Waals surface area contributed by atoms with Crippen LogP contribution >= 0.6 is 0 Å². The molecule has 0 amide bonds. The molecule has 0 saturated carbocycles. The van der Waals surface area contributed by atoms with Crippen LogP contribution in [0.15, 0.2) is 0 Å². The molecular formula is C81H169F23. The predicted molar refractivity (Wildman–Crippen MR) is 409 cm³/mol. The Labute approximate surface area is 633 Å². The van der Waals surface area contributed by atoms with Gasteiger partial charge >= 0.3 is 24.7 Å². The van der Waals surface area contributed by atoms with Gasteiger partial charge in [-0.25, -0.2) is 35.1 Å². The minimum atomic E-state index is -4.43. The number of hydrogen-bond acceptors (Lipinski definition) is 0. The molecule has 0 bridgehead atoms. The predicted octanol–water partition coefficient (Wildman–Crippen LogP) is 36.4. The van der Waals surface area contributed by atoms with Crippen LogP contribution in [0.2, 0.25) is 0 Å². The van der Waals surface area contributed by atoms with Gasteiger partial charge in [0.1, 0.15) is 0 Å². The zero-order valence-electron chi connectivity index (χ0n) is 76.5. The Bertz CT molecular complexity index is 1590. The van der Waals surface area contributed by atoms with Gasteiger partial charge in [-0.2, -0.15) is 52.7 Å². The molecule has 0 aromatic heterocycles. The second-order valence-electron chi connectivity index (χ2n) is 29.2. The van der Waals surface area contributed by atoms with E-state index in [1.807, 2.05) is 41.5 Å². The van der Waals surface area contributed by atoms with Gasteiger partial charge in [-0.15, -0.1) is 0 Å². The van der Waals surface area contributed by atoms with E-state index in [-0.39, 0.29) is 63.5 Å². The van der Waals surface area contributed by atoms with Crippen molar-refractivity contribution >= 4 is 0 Å². The summed E-state index contributed by atoms with van der Waals surface area (Å²) in [6.07, 6.45) is -10.5. The van der Waals surface area contributed by atoms with Gasteiger partial charge in [-0.3, -0.25) is 13.2 Å². The van der Waals surface area contributed by atoms with E-state index < -0.39 is 104 Å². The average molecular weight is 1580 g/mol. The molecule has 0 aromatic rings. The molecule has 104 heavy (non-hydrogen) atoms. The molecule has 0 nitrogen and oxygen atoms in total. The molecule has 0 aliphatic rings. The van der Waals surface area contributed by atoms with Crippen molar-refractivity contribution in [2.45, 2.75) is 433 Å². The smallest absolute Gasteiger partial charge is 0.251 e. The zero-order valence-corrected chi connectivity index (χ0v) is 72.5. The lowest BCUT2D eigenvalue weighted by Gasteiger charge is -2.13. The third kappa shape index (κ3) is 170. The maximum Gasteiger partial charge on any atom is 0.391 e. The molecule has 0 aliphatic carbocycles. The summed E-state index contributed by atoms with van der Waals surface area (Å²) in [4.78, 5) is 0. The van der Waals surface area contributed by atoms with Gasteiger partial charge in [-0.05, 0) is 99.7 Å². The van der Waals surface area contributed by atoms with Gasteiger partial charge in [-0.1, -0.05) is 312 Å². The third-order valence-electron chi connectivity index (χ3n) is 14.6. The highest BCUT2D eigenvalue weighted by Crippen LogP contribution is 2.31. The topological polar surface area (TPSA) is 0 Å².